The van der Waals surface area contributed by atoms with Crippen LogP contribution in [0.15, 0.2) is 0 Å². The minimum atomic E-state index is -1.04. The second kappa shape index (κ2) is 5.01. The Morgan fingerprint density at radius 2 is 2.13 bits per heavy atom. The van der Waals surface area contributed by atoms with Crippen molar-refractivity contribution in [1.82, 2.24) is 10.2 Å². The van der Waals surface area contributed by atoms with Gasteiger partial charge < -0.3 is 10.0 Å². The normalized spacial score (nSPS) is 20.1. The first kappa shape index (κ1) is 11.8. The molecule has 0 radical (unpaired) electrons. The second-order valence-corrected chi connectivity index (χ2v) is 3.52. The van der Waals surface area contributed by atoms with Crippen molar-refractivity contribution in [2.75, 3.05) is 12.3 Å². The van der Waals surface area contributed by atoms with E-state index in [2.05, 4.69) is 17.9 Å². The molecule has 0 aliphatic carbocycles. The number of aliphatic carboxylic acids is 1. The Hall–Kier alpha value is -1.24. The van der Waals surface area contributed by atoms with Gasteiger partial charge in [-0.15, -0.1) is 0 Å². The van der Waals surface area contributed by atoms with Gasteiger partial charge in [0.2, 0.25) is 5.91 Å². The van der Waals surface area contributed by atoms with Crippen molar-refractivity contribution < 1.29 is 19.5 Å². The third kappa shape index (κ3) is 2.85. The lowest BCUT2D eigenvalue weighted by molar-refractivity contribution is -0.141. The van der Waals surface area contributed by atoms with Crippen molar-refractivity contribution >= 4 is 30.5 Å². The number of carbonyl (C=O) groups excluding carboxylic acids is 2. The molecule has 0 bridgehead atoms. The number of nitrogens with one attached hydrogen (secondary N) is 1. The summed E-state index contributed by atoms with van der Waals surface area (Å²) in [5.41, 5.74) is 0. The summed E-state index contributed by atoms with van der Waals surface area (Å²) >= 11 is 3.70. The van der Waals surface area contributed by atoms with Crippen LogP contribution in [0.4, 0.5) is 4.79 Å². The van der Waals surface area contributed by atoms with Gasteiger partial charge in [-0.1, -0.05) is 0 Å². The summed E-state index contributed by atoms with van der Waals surface area (Å²) in [6.07, 6.45) is 1.07. The van der Waals surface area contributed by atoms with Crippen molar-refractivity contribution in [1.29, 1.82) is 0 Å². The highest BCUT2D eigenvalue weighted by Gasteiger charge is 2.34. The van der Waals surface area contributed by atoms with Crippen LogP contribution in [-0.4, -0.2) is 46.3 Å². The van der Waals surface area contributed by atoms with Crippen LogP contribution < -0.4 is 5.32 Å². The van der Waals surface area contributed by atoms with Crippen LogP contribution in [0.1, 0.15) is 12.8 Å². The number of hydrogen-bond acceptors (Lipinski definition) is 4. The summed E-state index contributed by atoms with van der Waals surface area (Å²) in [6, 6.07) is -1.48. The third-order valence-corrected chi connectivity index (χ3v) is 2.48. The highest BCUT2D eigenvalue weighted by atomic mass is 32.1. The van der Waals surface area contributed by atoms with Gasteiger partial charge >= 0.3 is 12.0 Å². The van der Waals surface area contributed by atoms with Gasteiger partial charge in [0.25, 0.3) is 0 Å². The monoisotopic (exact) mass is 232 g/mol. The maximum absolute atomic E-state index is 11.4. The van der Waals surface area contributed by atoms with Gasteiger partial charge in [0.1, 0.15) is 6.04 Å². The largest absolute Gasteiger partial charge is 0.480 e. The Kier molecular flexibility index (Phi) is 3.96. The Bertz CT molecular complexity index is 294. The van der Waals surface area contributed by atoms with E-state index in [1.165, 1.54) is 0 Å². The number of nitrogens with zero attached hydrogens (tertiary/aromatic N) is 1. The first-order chi connectivity index (χ1) is 7.06. The molecule has 0 spiro atoms. The molecule has 0 aromatic rings. The number of carbonyl (C=O) groups is 3. The highest BCUT2D eigenvalue weighted by molar-refractivity contribution is 7.81. The molecule has 2 N–H and O–H groups in total. The van der Waals surface area contributed by atoms with Gasteiger partial charge in [-0.05, 0) is 12.8 Å². The summed E-state index contributed by atoms with van der Waals surface area (Å²) in [5, 5.41) is 10.9. The van der Waals surface area contributed by atoms with E-state index in [1.54, 1.807) is 0 Å². The Balaban J connectivity index is 2.58. The van der Waals surface area contributed by atoms with Crippen LogP contribution >= 0.6 is 12.6 Å². The van der Waals surface area contributed by atoms with Gasteiger partial charge in [-0.3, -0.25) is 10.1 Å². The number of carboxylic acid groups (broad SMARTS) is 1. The summed E-state index contributed by atoms with van der Waals surface area (Å²) in [4.78, 5) is 34.2. The fourth-order valence-corrected chi connectivity index (χ4v) is 1.58. The number of hydrogen-bond donors (Lipinski definition) is 3. The van der Waals surface area contributed by atoms with E-state index in [0.717, 1.165) is 4.90 Å². The zero-order valence-corrected chi connectivity index (χ0v) is 8.87. The fourth-order valence-electron chi connectivity index (χ4n) is 1.50. The molecule has 15 heavy (non-hydrogen) atoms. The molecule has 1 atom stereocenters. The van der Waals surface area contributed by atoms with Crippen LogP contribution in [0, 0.1) is 0 Å². The minimum Gasteiger partial charge on any atom is -0.480 e. The number of carboxylic acids is 1. The van der Waals surface area contributed by atoms with E-state index in [0.29, 0.717) is 19.4 Å². The minimum absolute atomic E-state index is 0.0999. The lowest BCUT2D eigenvalue weighted by Crippen LogP contribution is -2.48. The molecular weight excluding hydrogens is 220 g/mol. The molecule has 6 nitrogen and oxygen atoms in total. The number of urea groups is 1. The van der Waals surface area contributed by atoms with E-state index in [4.69, 9.17) is 5.11 Å². The van der Waals surface area contributed by atoms with Crippen molar-refractivity contribution in [3.05, 3.63) is 0 Å². The molecule has 1 aliphatic rings. The van der Waals surface area contributed by atoms with E-state index >= 15 is 0 Å². The first-order valence-electron chi connectivity index (χ1n) is 4.50. The van der Waals surface area contributed by atoms with E-state index < -0.39 is 23.9 Å². The summed E-state index contributed by atoms with van der Waals surface area (Å²) in [7, 11) is 0. The van der Waals surface area contributed by atoms with Crippen LogP contribution in [0.2, 0.25) is 0 Å². The summed E-state index contributed by atoms with van der Waals surface area (Å²) in [6.45, 7) is 0.364. The molecule has 0 saturated carbocycles. The standard InChI is InChI=1S/C8H12N2O4S/c11-6(4-15)9-8(14)10-3-1-2-5(10)7(12)13/h5,15H,1-4H2,(H,12,13)(H,9,11,14)/t5-/m0/s1. The van der Waals surface area contributed by atoms with Gasteiger partial charge in [-0.25, -0.2) is 9.59 Å². The lowest BCUT2D eigenvalue weighted by atomic mass is 10.2. The topological polar surface area (TPSA) is 86.7 Å². The quantitative estimate of drug-likeness (QED) is 0.570. The molecule has 1 rings (SSSR count). The zero-order chi connectivity index (χ0) is 11.4. The fraction of sp³-hybridized carbons (Fsp3) is 0.625. The van der Waals surface area contributed by atoms with Gasteiger partial charge in [0.15, 0.2) is 0 Å². The lowest BCUT2D eigenvalue weighted by Gasteiger charge is -2.20. The Morgan fingerprint density at radius 1 is 1.47 bits per heavy atom. The molecule has 7 heteroatoms. The first-order valence-corrected chi connectivity index (χ1v) is 5.13. The molecule has 1 aliphatic heterocycles. The predicted molar refractivity (Wildman–Crippen MR) is 54.8 cm³/mol. The molecule has 0 aromatic heterocycles. The van der Waals surface area contributed by atoms with E-state index in [1.807, 2.05) is 0 Å². The third-order valence-electron chi connectivity index (χ3n) is 2.19. The molecule has 1 heterocycles. The number of likely N-dealkylation sites (tertiary alicyclic amines) is 1. The van der Waals surface area contributed by atoms with Crippen molar-refractivity contribution in [3.63, 3.8) is 0 Å². The van der Waals surface area contributed by atoms with Gasteiger partial charge in [-0.2, -0.15) is 12.6 Å². The van der Waals surface area contributed by atoms with Crippen molar-refractivity contribution in [2.45, 2.75) is 18.9 Å². The molecule has 0 aromatic carbocycles. The maximum atomic E-state index is 11.4. The highest BCUT2D eigenvalue weighted by Crippen LogP contribution is 2.17. The van der Waals surface area contributed by atoms with Crippen LogP contribution in [0.25, 0.3) is 0 Å². The number of amides is 3. The molecule has 1 fully saturated rings. The summed E-state index contributed by atoms with van der Waals surface area (Å²) < 4.78 is 0. The number of rotatable bonds is 2. The number of imide groups is 1. The van der Waals surface area contributed by atoms with E-state index in [9.17, 15) is 14.4 Å². The average molecular weight is 232 g/mol. The molecule has 0 unspecified atom stereocenters. The summed E-state index contributed by atoms with van der Waals surface area (Å²) in [5.74, 6) is -1.67. The van der Waals surface area contributed by atoms with Gasteiger partial charge in [0, 0.05) is 6.54 Å². The van der Waals surface area contributed by atoms with Crippen LogP contribution in [-0.2, 0) is 9.59 Å². The van der Waals surface area contributed by atoms with Crippen LogP contribution in [0.3, 0.4) is 0 Å². The predicted octanol–water partition coefficient (Wildman–Crippen LogP) is -0.299. The maximum Gasteiger partial charge on any atom is 0.326 e. The SMILES string of the molecule is O=C(CS)NC(=O)N1CCC[C@H]1C(=O)O. The van der Waals surface area contributed by atoms with Crippen molar-refractivity contribution in [2.24, 2.45) is 0 Å². The Labute approximate surface area is 92.0 Å². The van der Waals surface area contributed by atoms with Crippen molar-refractivity contribution in [3.8, 4) is 0 Å². The molecule has 1 saturated heterocycles. The van der Waals surface area contributed by atoms with Crippen LogP contribution in [0.5, 0.6) is 0 Å². The molecule has 84 valence electrons. The van der Waals surface area contributed by atoms with Gasteiger partial charge in [0.05, 0.1) is 5.75 Å². The van der Waals surface area contributed by atoms with E-state index in [-0.39, 0.29) is 5.75 Å². The Morgan fingerprint density at radius 3 is 2.67 bits per heavy atom. The molecular formula is C8H12N2O4S. The smallest absolute Gasteiger partial charge is 0.326 e. The number of thiol groups is 1. The average Bonchev–Trinajstić information content (AvgIpc) is 2.65. The zero-order valence-electron chi connectivity index (χ0n) is 7.97. The molecule has 3 amide bonds. The second-order valence-electron chi connectivity index (χ2n) is 3.20.